The third-order valence-corrected chi connectivity index (χ3v) is 5.78. The molecule has 198 valence electrons. The molecule has 37 heavy (non-hydrogen) atoms. The Hall–Kier alpha value is -3.90. The molecule has 2 aromatic rings. The van der Waals surface area contributed by atoms with Crippen LogP contribution in [0.4, 0.5) is 0 Å². The van der Waals surface area contributed by atoms with E-state index in [1.165, 1.54) is 0 Å². The van der Waals surface area contributed by atoms with Gasteiger partial charge < -0.3 is 32.5 Å². The first-order valence-electron chi connectivity index (χ1n) is 11.5. The quantitative estimate of drug-likeness (QED) is 0.155. The molecule has 0 aliphatic heterocycles. The van der Waals surface area contributed by atoms with Crippen molar-refractivity contribution in [1.82, 2.24) is 16.0 Å². The van der Waals surface area contributed by atoms with Crippen LogP contribution in [0.2, 0.25) is 0 Å². The van der Waals surface area contributed by atoms with Gasteiger partial charge in [0.15, 0.2) is 0 Å². The molecule has 4 atom stereocenters. The molecule has 2 aromatic carbocycles. The molecule has 0 spiro atoms. The average Bonchev–Trinajstić information content (AvgIpc) is 2.87. The van der Waals surface area contributed by atoms with Crippen molar-refractivity contribution in [3.63, 3.8) is 0 Å². The first-order chi connectivity index (χ1) is 17.6. The van der Waals surface area contributed by atoms with Crippen molar-refractivity contribution >= 4 is 42.2 Å². The van der Waals surface area contributed by atoms with Gasteiger partial charge in [-0.15, -0.1) is 0 Å². The Labute approximate surface area is 219 Å². The van der Waals surface area contributed by atoms with E-state index in [-0.39, 0.29) is 18.6 Å². The van der Waals surface area contributed by atoms with Gasteiger partial charge in [0.1, 0.15) is 18.1 Å². The summed E-state index contributed by atoms with van der Waals surface area (Å²) in [7, 11) is 0. The standard InChI is InChI=1S/C25H31N5O6S/c26-17(14-37)22(32)28-18(11-15-7-3-1-4-8-15)23(33)29-19(12-16-9-5-2-6-10-16)24(34)30-20(25(35)36)13-21(27)31/h1-10,17-20,37H,11-14,26H2,(H2,27,31)(H,28,32)(H,29,33)(H,30,34)(H,35,36). The van der Waals surface area contributed by atoms with E-state index < -0.39 is 60.2 Å². The highest BCUT2D eigenvalue weighted by atomic mass is 32.1. The summed E-state index contributed by atoms with van der Waals surface area (Å²) < 4.78 is 0. The second-order valence-corrected chi connectivity index (χ2v) is 8.73. The largest absolute Gasteiger partial charge is 0.480 e. The zero-order valence-electron chi connectivity index (χ0n) is 20.0. The Kier molecular flexibility index (Phi) is 11.6. The second-order valence-electron chi connectivity index (χ2n) is 8.36. The van der Waals surface area contributed by atoms with Crippen LogP contribution in [-0.2, 0) is 36.8 Å². The number of benzene rings is 2. The number of nitrogens with one attached hydrogen (secondary N) is 3. The fourth-order valence-electron chi connectivity index (χ4n) is 3.43. The molecular weight excluding hydrogens is 498 g/mol. The topological polar surface area (TPSA) is 194 Å². The molecule has 2 rings (SSSR count). The molecule has 11 nitrogen and oxygen atoms in total. The number of hydrogen-bond donors (Lipinski definition) is 7. The maximum Gasteiger partial charge on any atom is 0.326 e. The summed E-state index contributed by atoms with van der Waals surface area (Å²) in [6.45, 7) is 0. The number of rotatable bonds is 14. The van der Waals surface area contributed by atoms with Crippen molar-refractivity contribution in [2.75, 3.05) is 5.75 Å². The van der Waals surface area contributed by atoms with Crippen molar-refractivity contribution in [3.05, 3.63) is 71.8 Å². The summed E-state index contributed by atoms with van der Waals surface area (Å²) in [5, 5.41) is 16.8. The molecule has 8 N–H and O–H groups in total. The molecule has 0 heterocycles. The van der Waals surface area contributed by atoms with Crippen LogP contribution in [0.1, 0.15) is 17.5 Å². The van der Waals surface area contributed by atoms with Crippen LogP contribution in [-0.4, -0.2) is 64.6 Å². The van der Waals surface area contributed by atoms with Crippen molar-refractivity contribution in [2.45, 2.75) is 43.4 Å². The smallest absolute Gasteiger partial charge is 0.326 e. The van der Waals surface area contributed by atoms with E-state index >= 15 is 0 Å². The number of amides is 4. The number of carbonyl (C=O) groups is 5. The Morgan fingerprint density at radius 1 is 0.730 bits per heavy atom. The number of carboxylic acids is 1. The van der Waals surface area contributed by atoms with E-state index in [2.05, 4.69) is 28.6 Å². The van der Waals surface area contributed by atoms with Crippen LogP contribution in [0.25, 0.3) is 0 Å². The third-order valence-electron chi connectivity index (χ3n) is 5.38. The van der Waals surface area contributed by atoms with E-state index in [9.17, 15) is 29.1 Å². The number of primary amides is 1. The number of hydrogen-bond acceptors (Lipinski definition) is 7. The minimum atomic E-state index is -1.58. The molecule has 4 unspecified atom stereocenters. The van der Waals surface area contributed by atoms with Crippen molar-refractivity contribution < 1.29 is 29.1 Å². The van der Waals surface area contributed by atoms with Gasteiger partial charge in [0.05, 0.1) is 12.5 Å². The summed E-state index contributed by atoms with van der Waals surface area (Å²) in [4.78, 5) is 61.7. The molecule has 4 amide bonds. The maximum atomic E-state index is 13.3. The molecule has 0 saturated heterocycles. The normalized spacial score (nSPS) is 13.9. The van der Waals surface area contributed by atoms with E-state index in [1.807, 2.05) is 0 Å². The number of carbonyl (C=O) groups excluding carboxylic acids is 4. The SMILES string of the molecule is NC(=O)CC(NC(=O)C(Cc1ccccc1)NC(=O)C(Cc1ccccc1)NC(=O)C(N)CS)C(=O)O. The van der Waals surface area contributed by atoms with Gasteiger partial charge in [-0.05, 0) is 11.1 Å². The monoisotopic (exact) mass is 529 g/mol. The van der Waals surface area contributed by atoms with Gasteiger partial charge in [-0.25, -0.2) is 4.79 Å². The summed E-state index contributed by atoms with van der Waals surface area (Å²) in [6, 6.07) is 12.8. The number of thiol groups is 1. The molecule has 0 aliphatic rings. The van der Waals surface area contributed by atoms with Crippen LogP contribution < -0.4 is 27.4 Å². The van der Waals surface area contributed by atoms with Gasteiger partial charge in [-0.2, -0.15) is 12.6 Å². The van der Waals surface area contributed by atoms with Gasteiger partial charge in [-0.1, -0.05) is 60.7 Å². The summed E-state index contributed by atoms with van der Waals surface area (Å²) in [5.74, 6) is -4.41. The molecule has 0 fully saturated rings. The second kappa shape index (κ2) is 14.6. The molecule has 0 bridgehead atoms. The summed E-state index contributed by atoms with van der Waals surface area (Å²) >= 11 is 4.02. The van der Waals surface area contributed by atoms with E-state index in [0.29, 0.717) is 5.56 Å². The zero-order chi connectivity index (χ0) is 27.4. The van der Waals surface area contributed by atoms with E-state index in [1.54, 1.807) is 60.7 Å². The van der Waals surface area contributed by atoms with Crippen LogP contribution in [0, 0.1) is 0 Å². The fraction of sp³-hybridized carbons (Fsp3) is 0.320. The predicted molar refractivity (Wildman–Crippen MR) is 139 cm³/mol. The van der Waals surface area contributed by atoms with Crippen LogP contribution in [0.3, 0.4) is 0 Å². The first kappa shape index (κ1) is 29.3. The third kappa shape index (κ3) is 9.94. The lowest BCUT2D eigenvalue weighted by molar-refractivity contribution is -0.143. The highest BCUT2D eigenvalue weighted by Crippen LogP contribution is 2.08. The van der Waals surface area contributed by atoms with E-state index in [4.69, 9.17) is 11.5 Å². The van der Waals surface area contributed by atoms with E-state index in [0.717, 1.165) is 5.56 Å². The van der Waals surface area contributed by atoms with Crippen molar-refractivity contribution in [2.24, 2.45) is 11.5 Å². The van der Waals surface area contributed by atoms with Gasteiger partial charge in [0.2, 0.25) is 23.6 Å². The average molecular weight is 530 g/mol. The van der Waals surface area contributed by atoms with Crippen molar-refractivity contribution in [1.29, 1.82) is 0 Å². The lowest BCUT2D eigenvalue weighted by Crippen LogP contribution is -2.58. The molecule has 0 saturated carbocycles. The van der Waals surface area contributed by atoms with Gasteiger partial charge in [-0.3, -0.25) is 19.2 Å². The Morgan fingerprint density at radius 2 is 1.14 bits per heavy atom. The summed E-state index contributed by atoms with van der Waals surface area (Å²) in [5.41, 5.74) is 12.3. The van der Waals surface area contributed by atoms with Gasteiger partial charge in [0.25, 0.3) is 0 Å². The minimum absolute atomic E-state index is 0.0173. The molecule has 0 radical (unpaired) electrons. The van der Waals surface area contributed by atoms with Crippen LogP contribution in [0.5, 0.6) is 0 Å². The van der Waals surface area contributed by atoms with Gasteiger partial charge >= 0.3 is 5.97 Å². The lowest BCUT2D eigenvalue weighted by Gasteiger charge is -2.25. The Morgan fingerprint density at radius 3 is 1.51 bits per heavy atom. The first-order valence-corrected chi connectivity index (χ1v) is 12.1. The number of aliphatic carboxylic acids is 1. The highest BCUT2D eigenvalue weighted by Gasteiger charge is 2.31. The van der Waals surface area contributed by atoms with Crippen LogP contribution in [0.15, 0.2) is 60.7 Å². The zero-order valence-corrected chi connectivity index (χ0v) is 20.9. The molecule has 0 aliphatic carbocycles. The Bertz CT molecular complexity index is 1090. The predicted octanol–water partition coefficient (Wildman–Crippen LogP) is -0.857. The highest BCUT2D eigenvalue weighted by molar-refractivity contribution is 7.80. The van der Waals surface area contributed by atoms with Crippen LogP contribution >= 0.6 is 12.6 Å². The number of nitrogens with two attached hydrogens (primary N) is 2. The van der Waals surface area contributed by atoms with Crippen molar-refractivity contribution in [3.8, 4) is 0 Å². The number of carboxylic acid groups (broad SMARTS) is 1. The Balaban J connectivity index is 2.29. The molecule has 0 aromatic heterocycles. The molecular formula is C25H31N5O6S. The maximum absolute atomic E-state index is 13.3. The lowest BCUT2D eigenvalue weighted by atomic mass is 10.0. The fourth-order valence-corrected chi connectivity index (χ4v) is 3.59. The minimum Gasteiger partial charge on any atom is -0.480 e. The summed E-state index contributed by atoms with van der Waals surface area (Å²) in [6.07, 6.45) is -0.498. The van der Waals surface area contributed by atoms with Gasteiger partial charge in [0, 0.05) is 18.6 Å². The molecule has 12 heteroatoms.